The molecule has 1 aromatic carbocycles. The topological polar surface area (TPSA) is 71.1 Å². The minimum Gasteiger partial charge on any atom is -0.384 e. The van der Waals surface area contributed by atoms with Gasteiger partial charge in [0, 0.05) is 19.3 Å². The van der Waals surface area contributed by atoms with Gasteiger partial charge in [-0.05, 0) is 12.1 Å². The van der Waals surface area contributed by atoms with Crippen LogP contribution in [0.25, 0.3) is 0 Å². The second kappa shape index (κ2) is 5.31. The van der Waals surface area contributed by atoms with Crippen LogP contribution in [0.3, 0.4) is 0 Å². The SMILES string of the molecule is COCCNc1cccc(F)c1C(=N)N. The standard InChI is InChI=1S/C10H14FN3O/c1-15-6-5-14-8-4-2-3-7(11)9(8)10(12)13/h2-4,14H,5-6H2,1H3,(H3,12,13). The first kappa shape index (κ1) is 11.5. The Bertz CT molecular complexity index is 355. The van der Waals surface area contributed by atoms with Gasteiger partial charge in [-0.1, -0.05) is 6.07 Å². The van der Waals surface area contributed by atoms with E-state index in [9.17, 15) is 4.39 Å². The van der Waals surface area contributed by atoms with Crippen LogP contribution >= 0.6 is 0 Å². The molecule has 0 aromatic heterocycles. The molecule has 0 saturated carbocycles. The van der Waals surface area contributed by atoms with E-state index in [4.69, 9.17) is 15.9 Å². The molecule has 0 bridgehead atoms. The van der Waals surface area contributed by atoms with E-state index in [2.05, 4.69) is 5.32 Å². The Kier molecular flexibility index (Phi) is 4.05. The highest BCUT2D eigenvalue weighted by Crippen LogP contribution is 2.17. The van der Waals surface area contributed by atoms with Gasteiger partial charge in [0.2, 0.25) is 0 Å². The molecular formula is C10H14FN3O. The summed E-state index contributed by atoms with van der Waals surface area (Å²) < 4.78 is 18.2. The Labute approximate surface area is 87.7 Å². The summed E-state index contributed by atoms with van der Waals surface area (Å²) >= 11 is 0. The molecule has 0 unspecified atom stereocenters. The molecule has 0 amide bonds. The summed E-state index contributed by atoms with van der Waals surface area (Å²) in [5, 5.41) is 10.2. The van der Waals surface area contributed by atoms with Gasteiger partial charge in [-0.15, -0.1) is 0 Å². The molecule has 5 heteroatoms. The maximum absolute atomic E-state index is 13.3. The van der Waals surface area contributed by atoms with Gasteiger partial charge in [-0.3, -0.25) is 5.41 Å². The maximum Gasteiger partial charge on any atom is 0.136 e. The highest BCUT2D eigenvalue weighted by atomic mass is 19.1. The Morgan fingerprint density at radius 2 is 2.33 bits per heavy atom. The molecule has 0 radical (unpaired) electrons. The molecule has 0 aliphatic heterocycles. The fraction of sp³-hybridized carbons (Fsp3) is 0.300. The Hall–Kier alpha value is -1.62. The molecule has 0 spiro atoms. The molecule has 1 aromatic rings. The van der Waals surface area contributed by atoms with Crippen molar-refractivity contribution in [2.45, 2.75) is 0 Å². The predicted molar refractivity (Wildman–Crippen MR) is 57.8 cm³/mol. The fourth-order valence-corrected chi connectivity index (χ4v) is 1.23. The van der Waals surface area contributed by atoms with Crippen molar-refractivity contribution in [2.24, 2.45) is 5.73 Å². The smallest absolute Gasteiger partial charge is 0.136 e. The van der Waals surface area contributed by atoms with Crippen LogP contribution in [0.1, 0.15) is 5.56 Å². The van der Waals surface area contributed by atoms with Gasteiger partial charge >= 0.3 is 0 Å². The number of hydrogen-bond donors (Lipinski definition) is 3. The van der Waals surface area contributed by atoms with E-state index in [0.29, 0.717) is 18.8 Å². The molecule has 0 heterocycles. The summed E-state index contributed by atoms with van der Waals surface area (Å²) in [4.78, 5) is 0. The molecule has 4 N–H and O–H groups in total. The van der Waals surface area contributed by atoms with Crippen LogP contribution in [0, 0.1) is 11.2 Å². The second-order valence-corrected chi connectivity index (χ2v) is 3.00. The number of nitrogens with two attached hydrogens (primary N) is 1. The zero-order valence-corrected chi connectivity index (χ0v) is 8.51. The molecule has 4 nitrogen and oxygen atoms in total. The van der Waals surface area contributed by atoms with Crippen LogP contribution < -0.4 is 11.1 Å². The van der Waals surface area contributed by atoms with Gasteiger partial charge in [0.1, 0.15) is 11.7 Å². The molecule has 15 heavy (non-hydrogen) atoms. The number of hydrogen-bond acceptors (Lipinski definition) is 3. The molecule has 0 atom stereocenters. The van der Waals surface area contributed by atoms with Gasteiger partial charge in [-0.25, -0.2) is 4.39 Å². The van der Waals surface area contributed by atoms with E-state index in [1.165, 1.54) is 6.07 Å². The number of anilines is 1. The van der Waals surface area contributed by atoms with Crippen molar-refractivity contribution in [1.29, 1.82) is 5.41 Å². The van der Waals surface area contributed by atoms with Gasteiger partial charge < -0.3 is 15.8 Å². The summed E-state index contributed by atoms with van der Waals surface area (Å²) in [6.07, 6.45) is 0. The summed E-state index contributed by atoms with van der Waals surface area (Å²) in [5.74, 6) is -0.780. The van der Waals surface area contributed by atoms with Crippen molar-refractivity contribution in [3.63, 3.8) is 0 Å². The summed E-state index contributed by atoms with van der Waals surface area (Å²) in [5.41, 5.74) is 5.91. The molecule has 82 valence electrons. The maximum atomic E-state index is 13.3. The molecule has 1 rings (SSSR count). The van der Waals surface area contributed by atoms with Crippen LogP contribution in [0.5, 0.6) is 0 Å². The lowest BCUT2D eigenvalue weighted by Gasteiger charge is -2.11. The van der Waals surface area contributed by atoms with Gasteiger partial charge in [0.15, 0.2) is 0 Å². The molecule has 0 aliphatic carbocycles. The quantitative estimate of drug-likeness (QED) is 0.389. The van der Waals surface area contributed by atoms with Crippen LogP contribution in [0.2, 0.25) is 0 Å². The van der Waals surface area contributed by atoms with Gasteiger partial charge in [0.05, 0.1) is 12.2 Å². The molecule has 0 aliphatic rings. The van der Waals surface area contributed by atoms with Crippen LogP contribution in [-0.2, 0) is 4.74 Å². The molecule has 0 saturated heterocycles. The Balaban J connectivity index is 2.86. The predicted octanol–water partition coefficient (Wildman–Crippen LogP) is 1.17. The lowest BCUT2D eigenvalue weighted by Crippen LogP contribution is -2.18. The zero-order chi connectivity index (χ0) is 11.3. The van der Waals surface area contributed by atoms with E-state index in [-0.39, 0.29) is 11.4 Å². The number of benzene rings is 1. The average Bonchev–Trinajstić information content (AvgIpc) is 2.17. The van der Waals surface area contributed by atoms with Crippen LogP contribution in [-0.4, -0.2) is 26.1 Å². The van der Waals surface area contributed by atoms with Crippen LogP contribution in [0.15, 0.2) is 18.2 Å². The van der Waals surface area contributed by atoms with E-state index < -0.39 is 5.82 Å². The van der Waals surface area contributed by atoms with Crippen molar-refractivity contribution in [1.82, 2.24) is 0 Å². The first-order valence-electron chi connectivity index (χ1n) is 4.52. The van der Waals surface area contributed by atoms with Crippen molar-refractivity contribution >= 4 is 11.5 Å². The van der Waals surface area contributed by atoms with Crippen molar-refractivity contribution in [2.75, 3.05) is 25.6 Å². The lowest BCUT2D eigenvalue weighted by molar-refractivity contribution is 0.211. The number of nitrogen functional groups attached to an aromatic ring is 1. The van der Waals surface area contributed by atoms with Gasteiger partial charge in [0.25, 0.3) is 0 Å². The summed E-state index contributed by atoms with van der Waals surface area (Å²) in [6.45, 7) is 1.05. The zero-order valence-electron chi connectivity index (χ0n) is 8.51. The first-order chi connectivity index (χ1) is 7.16. The van der Waals surface area contributed by atoms with Crippen LogP contribution in [0.4, 0.5) is 10.1 Å². The summed E-state index contributed by atoms with van der Waals surface area (Å²) in [6, 6.07) is 4.52. The highest BCUT2D eigenvalue weighted by molar-refractivity contribution is 6.00. The highest BCUT2D eigenvalue weighted by Gasteiger charge is 2.10. The number of nitrogens with one attached hydrogen (secondary N) is 2. The molecular weight excluding hydrogens is 197 g/mol. The van der Waals surface area contributed by atoms with Gasteiger partial charge in [-0.2, -0.15) is 0 Å². The van der Waals surface area contributed by atoms with Crippen molar-refractivity contribution < 1.29 is 9.13 Å². The summed E-state index contributed by atoms with van der Waals surface area (Å²) in [7, 11) is 1.58. The third-order valence-corrected chi connectivity index (χ3v) is 1.90. The van der Waals surface area contributed by atoms with Crippen molar-refractivity contribution in [3.05, 3.63) is 29.6 Å². The second-order valence-electron chi connectivity index (χ2n) is 3.00. The van der Waals surface area contributed by atoms with Crippen molar-refractivity contribution in [3.8, 4) is 0 Å². The number of methoxy groups -OCH3 is 1. The number of amidine groups is 1. The normalized spacial score (nSPS) is 10.0. The minimum absolute atomic E-state index is 0.105. The van der Waals surface area contributed by atoms with E-state index in [0.717, 1.165) is 0 Å². The third kappa shape index (κ3) is 2.92. The minimum atomic E-state index is -0.495. The largest absolute Gasteiger partial charge is 0.384 e. The Morgan fingerprint density at radius 3 is 2.93 bits per heavy atom. The lowest BCUT2D eigenvalue weighted by atomic mass is 10.1. The monoisotopic (exact) mass is 211 g/mol. The van der Waals surface area contributed by atoms with E-state index in [1.807, 2.05) is 0 Å². The number of halogens is 1. The number of ether oxygens (including phenoxy) is 1. The van der Waals surface area contributed by atoms with E-state index in [1.54, 1.807) is 19.2 Å². The van der Waals surface area contributed by atoms with E-state index >= 15 is 0 Å². The average molecular weight is 211 g/mol. The fourth-order valence-electron chi connectivity index (χ4n) is 1.23. The molecule has 0 fully saturated rings. The Morgan fingerprint density at radius 1 is 1.60 bits per heavy atom. The number of rotatable bonds is 5. The first-order valence-corrected chi connectivity index (χ1v) is 4.52. The third-order valence-electron chi connectivity index (χ3n) is 1.90.